The lowest BCUT2D eigenvalue weighted by Crippen LogP contribution is -1.97. The van der Waals surface area contributed by atoms with Crippen molar-refractivity contribution >= 4 is 34.0 Å². The van der Waals surface area contributed by atoms with E-state index in [2.05, 4.69) is 9.97 Å². The van der Waals surface area contributed by atoms with E-state index < -0.39 is 0 Å². The number of ether oxygens (including phenoxy) is 1. The number of benzene rings is 2. The smallest absolute Gasteiger partial charge is 0.257 e. The van der Waals surface area contributed by atoms with Crippen molar-refractivity contribution in [2.75, 3.05) is 0 Å². The molecule has 0 aliphatic rings. The van der Waals surface area contributed by atoms with Gasteiger partial charge in [0, 0.05) is 15.8 Å². The van der Waals surface area contributed by atoms with Crippen LogP contribution in [0.2, 0.25) is 10.2 Å². The fourth-order valence-corrected chi connectivity index (χ4v) is 2.48. The van der Waals surface area contributed by atoms with Gasteiger partial charge in [-0.3, -0.25) is 0 Å². The van der Waals surface area contributed by atoms with Crippen LogP contribution in [0.3, 0.4) is 0 Å². The van der Waals surface area contributed by atoms with Crippen molar-refractivity contribution in [2.24, 2.45) is 0 Å². The predicted octanol–water partition coefficient (Wildman–Crippen LogP) is 5.35. The number of nitrogens with zero attached hydrogens (tertiary/aromatic N) is 2. The molecule has 21 heavy (non-hydrogen) atoms. The Balaban J connectivity index is 2.11. The summed E-state index contributed by atoms with van der Waals surface area (Å²) in [6.07, 6.45) is 0. The summed E-state index contributed by atoms with van der Waals surface area (Å²) in [5.74, 6) is 0.946. The zero-order valence-electron chi connectivity index (χ0n) is 11.5. The number of hydrogen-bond acceptors (Lipinski definition) is 3. The molecule has 1 heterocycles. The lowest BCUT2D eigenvalue weighted by atomic mass is 10.1. The molecule has 5 heteroatoms. The third-order valence-corrected chi connectivity index (χ3v) is 3.85. The van der Waals surface area contributed by atoms with Gasteiger partial charge in [-0.2, -0.15) is 0 Å². The summed E-state index contributed by atoms with van der Waals surface area (Å²) >= 11 is 12.3. The van der Waals surface area contributed by atoms with Gasteiger partial charge in [0.1, 0.15) is 5.75 Å². The maximum atomic E-state index is 6.20. The second kappa shape index (κ2) is 5.51. The summed E-state index contributed by atoms with van der Waals surface area (Å²) in [5, 5.41) is 2.75. The topological polar surface area (TPSA) is 35.0 Å². The summed E-state index contributed by atoms with van der Waals surface area (Å²) in [6.45, 7) is 3.72. The van der Waals surface area contributed by atoms with E-state index >= 15 is 0 Å². The molecule has 3 aromatic rings. The minimum atomic E-state index is 0.247. The standard InChI is InChI=1S/C16H12Cl2N2O/c1-9-10(2)20-16(15(18)19-9)21-14-8-7-13(17)11-5-3-4-6-12(11)14/h3-8H,1-2H3. The largest absolute Gasteiger partial charge is 0.436 e. The fraction of sp³-hybridized carbons (Fsp3) is 0.125. The normalized spacial score (nSPS) is 10.9. The van der Waals surface area contributed by atoms with E-state index in [9.17, 15) is 0 Å². The van der Waals surface area contributed by atoms with Crippen LogP contribution in [0, 0.1) is 13.8 Å². The average molecular weight is 319 g/mol. The molecule has 0 aliphatic carbocycles. The molecule has 0 N–H and O–H groups in total. The third-order valence-electron chi connectivity index (χ3n) is 3.27. The van der Waals surface area contributed by atoms with E-state index in [0.717, 1.165) is 22.2 Å². The van der Waals surface area contributed by atoms with Crippen molar-refractivity contribution in [3.8, 4) is 11.6 Å². The van der Waals surface area contributed by atoms with Crippen LogP contribution in [-0.4, -0.2) is 9.97 Å². The van der Waals surface area contributed by atoms with Gasteiger partial charge in [-0.15, -0.1) is 0 Å². The van der Waals surface area contributed by atoms with Gasteiger partial charge in [-0.05, 0) is 26.0 Å². The van der Waals surface area contributed by atoms with Crippen molar-refractivity contribution in [3.05, 3.63) is 58.0 Å². The Labute approximate surface area is 132 Å². The average Bonchev–Trinajstić information content (AvgIpc) is 2.48. The van der Waals surface area contributed by atoms with Crippen LogP contribution < -0.4 is 4.74 Å². The number of aryl methyl sites for hydroxylation is 2. The van der Waals surface area contributed by atoms with E-state index in [-0.39, 0.29) is 5.15 Å². The number of halogens is 2. The zero-order chi connectivity index (χ0) is 15.0. The molecule has 2 aromatic carbocycles. The first-order valence-electron chi connectivity index (χ1n) is 6.42. The van der Waals surface area contributed by atoms with Crippen molar-refractivity contribution < 1.29 is 4.74 Å². The Morgan fingerprint density at radius 3 is 2.29 bits per heavy atom. The Hall–Kier alpha value is -1.84. The molecule has 0 saturated heterocycles. The highest BCUT2D eigenvalue weighted by atomic mass is 35.5. The molecule has 0 spiro atoms. The molecule has 1 aromatic heterocycles. The molecular weight excluding hydrogens is 307 g/mol. The number of aromatic nitrogens is 2. The van der Waals surface area contributed by atoms with Gasteiger partial charge in [-0.1, -0.05) is 47.5 Å². The van der Waals surface area contributed by atoms with Gasteiger partial charge in [0.2, 0.25) is 0 Å². The lowest BCUT2D eigenvalue weighted by Gasteiger charge is -2.11. The molecule has 0 fully saturated rings. The Morgan fingerprint density at radius 1 is 0.857 bits per heavy atom. The van der Waals surface area contributed by atoms with E-state index in [0.29, 0.717) is 16.7 Å². The summed E-state index contributed by atoms with van der Waals surface area (Å²) in [4.78, 5) is 8.57. The summed E-state index contributed by atoms with van der Waals surface area (Å²) in [5.41, 5.74) is 1.57. The minimum Gasteiger partial charge on any atom is -0.436 e. The maximum absolute atomic E-state index is 6.20. The maximum Gasteiger partial charge on any atom is 0.257 e. The van der Waals surface area contributed by atoms with E-state index in [1.54, 1.807) is 12.1 Å². The second-order valence-corrected chi connectivity index (χ2v) is 5.45. The quantitative estimate of drug-likeness (QED) is 0.639. The molecule has 0 amide bonds. The van der Waals surface area contributed by atoms with Crippen molar-refractivity contribution in [2.45, 2.75) is 13.8 Å². The molecule has 0 unspecified atom stereocenters. The monoisotopic (exact) mass is 318 g/mol. The summed E-state index contributed by atoms with van der Waals surface area (Å²) in [7, 11) is 0. The zero-order valence-corrected chi connectivity index (χ0v) is 13.0. The number of fused-ring (bicyclic) bond motifs is 1. The fourth-order valence-electron chi connectivity index (χ4n) is 2.05. The lowest BCUT2D eigenvalue weighted by molar-refractivity contribution is 0.463. The van der Waals surface area contributed by atoms with Crippen LogP contribution in [0.25, 0.3) is 10.8 Å². The van der Waals surface area contributed by atoms with Crippen LogP contribution in [0.5, 0.6) is 11.6 Å². The van der Waals surface area contributed by atoms with Gasteiger partial charge in [0.05, 0.1) is 11.4 Å². The van der Waals surface area contributed by atoms with Crippen LogP contribution in [0.1, 0.15) is 11.4 Å². The minimum absolute atomic E-state index is 0.247. The highest BCUT2D eigenvalue weighted by Gasteiger charge is 2.12. The first kappa shape index (κ1) is 14.1. The Morgan fingerprint density at radius 2 is 1.52 bits per heavy atom. The first-order chi connectivity index (χ1) is 10.1. The van der Waals surface area contributed by atoms with Crippen LogP contribution in [0.4, 0.5) is 0 Å². The molecule has 0 aliphatic heterocycles. The van der Waals surface area contributed by atoms with Crippen molar-refractivity contribution in [3.63, 3.8) is 0 Å². The van der Waals surface area contributed by atoms with Crippen LogP contribution in [0.15, 0.2) is 36.4 Å². The second-order valence-electron chi connectivity index (χ2n) is 4.68. The van der Waals surface area contributed by atoms with Crippen molar-refractivity contribution in [1.82, 2.24) is 9.97 Å². The van der Waals surface area contributed by atoms with E-state index in [1.807, 2.05) is 38.1 Å². The Bertz CT molecular complexity index is 834. The molecule has 0 radical (unpaired) electrons. The number of rotatable bonds is 2. The Kier molecular flexibility index (Phi) is 3.70. The van der Waals surface area contributed by atoms with Crippen molar-refractivity contribution in [1.29, 1.82) is 0 Å². The molecule has 0 bridgehead atoms. The third kappa shape index (κ3) is 2.67. The predicted molar refractivity (Wildman–Crippen MR) is 85.5 cm³/mol. The highest BCUT2D eigenvalue weighted by molar-refractivity contribution is 6.35. The first-order valence-corrected chi connectivity index (χ1v) is 7.17. The molecule has 3 nitrogen and oxygen atoms in total. The van der Waals surface area contributed by atoms with Crippen LogP contribution >= 0.6 is 23.2 Å². The molecule has 106 valence electrons. The van der Waals surface area contributed by atoms with E-state index in [4.69, 9.17) is 27.9 Å². The van der Waals surface area contributed by atoms with Gasteiger partial charge in [-0.25, -0.2) is 9.97 Å². The van der Waals surface area contributed by atoms with Gasteiger partial charge in [0.25, 0.3) is 5.88 Å². The highest BCUT2D eigenvalue weighted by Crippen LogP contribution is 2.35. The van der Waals surface area contributed by atoms with Gasteiger partial charge >= 0.3 is 0 Å². The molecular formula is C16H12Cl2N2O. The van der Waals surface area contributed by atoms with Crippen LogP contribution in [-0.2, 0) is 0 Å². The molecule has 3 rings (SSSR count). The summed E-state index contributed by atoms with van der Waals surface area (Å²) in [6, 6.07) is 11.3. The van der Waals surface area contributed by atoms with Gasteiger partial charge in [0.15, 0.2) is 5.15 Å². The summed E-state index contributed by atoms with van der Waals surface area (Å²) < 4.78 is 5.85. The molecule has 0 atom stereocenters. The van der Waals surface area contributed by atoms with Gasteiger partial charge < -0.3 is 4.74 Å². The van der Waals surface area contributed by atoms with E-state index in [1.165, 1.54) is 0 Å². The molecule has 0 saturated carbocycles. The SMILES string of the molecule is Cc1nc(Cl)c(Oc2ccc(Cl)c3ccccc23)nc1C. The number of hydrogen-bond donors (Lipinski definition) is 0.